The quantitative estimate of drug-likeness (QED) is 0.759. The van der Waals surface area contributed by atoms with Crippen molar-refractivity contribution in [2.45, 2.75) is 13.8 Å². The first-order valence-corrected chi connectivity index (χ1v) is 8.44. The Balaban J connectivity index is 1.84. The van der Waals surface area contributed by atoms with Gasteiger partial charge in [0, 0.05) is 21.3 Å². The number of carboxylic acids is 1. The summed E-state index contributed by atoms with van der Waals surface area (Å²) >= 11 is 3.12. The Bertz CT molecular complexity index is 876. The molecule has 0 aliphatic heterocycles. The van der Waals surface area contributed by atoms with Crippen molar-refractivity contribution in [3.63, 3.8) is 0 Å². The van der Waals surface area contributed by atoms with Crippen LogP contribution in [0.5, 0.6) is 0 Å². The molecule has 114 valence electrons. The van der Waals surface area contributed by atoms with Gasteiger partial charge >= 0.3 is 5.97 Å². The lowest BCUT2D eigenvalue weighted by Gasteiger charge is -2.19. The van der Waals surface area contributed by atoms with Gasteiger partial charge in [-0.15, -0.1) is 22.7 Å². The summed E-state index contributed by atoms with van der Waals surface area (Å²) in [5.41, 5.74) is -0.975. The molecule has 0 radical (unpaired) electrons. The first kappa shape index (κ1) is 15.0. The number of amides is 1. The fourth-order valence-corrected chi connectivity index (χ4v) is 4.52. The third-order valence-corrected chi connectivity index (χ3v) is 5.96. The summed E-state index contributed by atoms with van der Waals surface area (Å²) in [5, 5.41) is 13.0. The minimum absolute atomic E-state index is 0.105. The number of carbonyl (C=O) groups excluding carboxylic acids is 1. The van der Waals surface area contributed by atoms with Gasteiger partial charge in [0.05, 0.1) is 15.0 Å². The Hall–Kier alpha value is -1.92. The summed E-state index contributed by atoms with van der Waals surface area (Å²) in [5.74, 6) is -1.14. The van der Waals surface area contributed by atoms with Crippen molar-refractivity contribution in [1.29, 1.82) is 0 Å². The molecule has 0 fully saturated rings. The maximum Gasteiger partial charge on any atom is 0.310 e. The highest BCUT2D eigenvalue weighted by atomic mass is 32.1. The minimum Gasteiger partial charge on any atom is -0.481 e. The van der Waals surface area contributed by atoms with Gasteiger partial charge < -0.3 is 10.4 Å². The molecule has 0 spiro atoms. The van der Waals surface area contributed by atoms with E-state index in [9.17, 15) is 9.59 Å². The highest BCUT2D eigenvalue weighted by molar-refractivity contribution is 7.33. The van der Waals surface area contributed by atoms with Crippen LogP contribution < -0.4 is 5.32 Å². The SMILES string of the molecule is CC(C)(CNC(=O)c1cc2sc3ccccc3c2s1)C(=O)O. The van der Waals surface area contributed by atoms with E-state index < -0.39 is 11.4 Å². The van der Waals surface area contributed by atoms with Gasteiger partial charge in [0.2, 0.25) is 0 Å². The first-order chi connectivity index (χ1) is 10.4. The number of thiophene rings is 2. The van der Waals surface area contributed by atoms with Gasteiger partial charge in [0.1, 0.15) is 0 Å². The lowest BCUT2D eigenvalue weighted by molar-refractivity contribution is -0.146. The smallest absolute Gasteiger partial charge is 0.310 e. The highest BCUT2D eigenvalue weighted by Crippen LogP contribution is 2.39. The van der Waals surface area contributed by atoms with Gasteiger partial charge in [-0.05, 0) is 26.0 Å². The Morgan fingerprint density at radius 3 is 2.64 bits per heavy atom. The van der Waals surface area contributed by atoms with Gasteiger partial charge in [0.25, 0.3) is 5.91 Å². The number of fused-ring (bicyclic) bond motifs is 3. The molecule has 6 heteroatoms. The molecule has 1 aromatic carbocycles. The van der Waals surface area contributed by atoms with Gasteiger partial charge in [-0.25, -0.2) is 0 Å². The average Bonchev–Trinajstić information content (AvgIpc) is 3.02. The number of carbonyl (C=O) groups is 2. The van der Waals surface area contributed by atoms with E-state index in [1.54, 1.807) is 25.2 Å². The topological polar surface area (TPSA) is 66.4 Å². The van der Waals surface area contributed by atoms with Crippen LogP contribution in [0.2, 0.25) is 0 Å². The number of nitrogens with one attached hydrogen (secondary N) is 1. The van der Waals surface area contributed by atoms with Crippen molar-refractivity contribution in [2.75, 3.05) is 6.54 Å². The Kier molecular flexibility index (Phi) is 3.66. The van der Waals surface area contributed by atoms with Crippen molar-refractivity contribution in [3.8, 4) is 0 Å². The van der Waals surface area contributed by atoms with Crippen LogP contribution in [-0.4, -0.2) is 23.5 Å². The Morgan fingerprint density at radius 1 is 1.18 bits per heavy atom. The van der Waals surface area contributed by atoms with E-state index in [0.717, 1.165) is 14.8 Å². The second-order valence-corrected chi connectivity index (χ2v) is 7.91. The molecule has 3 rings (SSSR count). The van der Waals surface area contributed by atoms with Crippen LogP contribution in [0.15, 0.2) is 30.3 Å². The number of aliphatic carboxylic acids is 1. The third-order valence-electron chi connectivity index (χ3n) is 3.54. The average molecular weight is 333 g/mol. The van der Waals surface area contributed by atoms with E-state index in [1.807, 2.05) is 18.2 Å². The monoisotopic (exact) mass is 333 g/mol. The summed E-state index contributed by atoms with van der Waals surface area (Å²) in [6.07, 6.45) is 0. The van der Waals surface area contributed by atoms with E-state index in [1.165, 1.54) is 16.0 Å². The van der Waals surface area contributed by atoms with E-state index in [4.69, 9.17) is 5.11 Å². The number of hydrogen-bond donors (Lipinski definition) is 2. The molecule has 3 aromatic rings. The number of rotatable bonds is 4. The molecular formula is C16H15NO3S2. The molecular weight excluding hydrogens is 318 g/mol. The van der Waals surface area contributed by atoms with Crippen LogP contribution in [0.4, 0.5) is 0 Å². The van der Waals surface area contributed by atoms with Gasteiger partial charge in [-0.3, -0.25) is 9.59 Å². The number of benzene rings is 1. The maximum atomic E-state index is 12.2. The fraction of sp³-hybridized carbons (Fsp3) is 0.250. The predicted molar refractivity (Wildman–Crippen MR) is 91.0 cm³/mol. The van der Waals surface area contributed by atoms with Crippen LogP contribution in [0, 0.1) is 5.41 Å². The number of carboxylic acid groups (broad SMARTS) is 1. The van der Waals surface area contributed by atoms with E-state index in [2.05, 4.69) is 17.4 Å². The van der Waals surface area contributed by atoms with E-state index in [-0.39, 0.29) is 12.5 Å². The molecule has 22 heavy (non-hydrogen) atoms. The Labute approximate surface area is 135 Å². The highest BCUT2D eigenvalue weighted by Gasteiger charge is 2.28. The fourth-order valence-electron chi connectivity index (χ4n) is 2.08. The summed E-state index contributed by atoms with van der Waals surface area (Å²) in [4.78, 5) is 23.9. The van der Waals surface area contributed by atoms with Crippen LogP contribution in [0.25, 0.3) is 19.5 Å². The molecule has 4 nitrogen and oxygen atoms in total. The first-order valence-electron chi connectivity index (χ1n) is 6.81. The second kappa shape index (κ2) is 5.37. The van der Waals surface area contributed by atoms with Crippen LogP contribution in [0.1, 0.15) is 23.5 Å². The summed E-state index contributed by atoms with van der Waals surface area (Å²) in [6, 6.07) is 10.0. The molecule has 0 aliphatic rings. The molecule has 0 unspecified atom stereocenters. The molecule has 0 saturated carbocycles. The minimum atomic E-state index is -0.975. The normalized spacial score (nSPS) is 11.9. The van der Waals surface area contributed by atoms with Crippen molar-refractivity contribution in [1.82, 2.24) is 5.32 Å². The van der Waals surface area contributed by atoms with Gasteiger partial charge in [-0.2, -0.15) is 0 Å². The van der Waals surface area contributed by atoms with Gasteiger partial charge in [-0.1, -0.05) is 18.2 Å². The zero-order valence-corrected chi connectivity index (χ0v) is 13.8. The zero-order chi connectivity index (χ0) is 15.9. The van der Waals surface area contributed by atoms with Gasteiger partial charge in [0.15, 0.2) is 0 Å². The third kappa shape index (κ3) is 2.60. The summed E-state index contributed by atoms with van der Waals surface area (Å²) in [6.45, 7) is 3.29. The molecule has 2 aromatic heterocycles. The van der Waals surface area contributed by atoms with Crippen molar-refractivity contribution in [2.24, 2.45) is 5.41 Å². The van der Waals surface area contributed by atoms with Crippen LogP contribution in [-0.2, 0) is 4.79 Å². The van der Waals surface area contributed by atoms with E-state index >= 15 is 0 Å². The van der Waals surface area contributed by atoms with Crippen LogP contribution in [0.3, 0.4) is 0 Å². The standard InChI is InChI=1S/C16H15NO3S2/c1-16(2,15(19)20)8-17-14(18)12-7-11-13(22-12)9-5-3-4-6-10(9)21-11/h3-7H,8H2,1-2H3,(H,17,18)(H,19,20). The number of hydrogen-bond acceptors (Lipinski definition) is 4. The molecule has 0 aliphatic carbocycles. The molecule has 0 saturated heterocycles. The predicted octanol–water partition coefficient (Wildman–Crippen LogP) is 3.96. The van der Waals surface area contributed by atoms with Crippen molar-refractivity contribution in [3.05, 3.63) is 35.2 Å². The van der Waals surface area contributed by atoms with Crippen molar-refractivity contribution < 1.29 is 14.7 Å². The Morgan fingerprint density at radius 2 is 1.91 bits per heavy atom. The molecule has 2 N–H and O–H groups in total. The lowest BCUT2D eigenvalue weighted by atomic mass is 9.94. The largest absolute Gasteiger partial charge is 0.481 e. The molecule has 1 amide bonds. The van der Waals surface area contributed by atoms with E-state index in [0.29, 0.717) is 4.88 Å². The second-order valence-electron chi connectivity index (χ2n) is 5.77. The molecule has 0 bridgehead atoms. The molecule has 2 heterocycles. The van der Waals surface area contributed by atoms with Crippen LogP contribution >= 0.6 is 22.7 Å². The van der Waals surface area contributed by atoms with Crippen molar-refractivity contribution >= 4 is 54.0 Å². The zero-order valence-electron chi connectivity index (χ0n) is 12.2. The maximum absolute atomic E-state index is 12.2. The molecule has 0 atom stereocenters. The summed E-state index contributed by atoms with van der Waals surface area (Å²) < 4.78 is 3.42. The summed E-state index contributed by atoms with van der Waals surface area (Å²) in [7, 11) is 0. The lowest BCUT2D eigenvalue weighted by Crippen LogP contribution is -2.38.